The maximum absolute atomic E-state index is 12.4. The molecule has 1 aliphatic heterocycles. The van der Waals surface area contributed by atoms with Crippen LogP contribution < -0.4 is 0 Å². The average molecular weight is 369 g/mol. The number of cyclic esters (lactones) is 2. The molecule has 1 rings (SSSR count). The molecule has 0 radical (unpaired) electrons. The predicted octanol–water partition coefficient (Wildman–Crippen LogP) is 6.26. The largest absolute Gasteiger partial charge is 0.524 e. The lowest BCUT2D eigenvalue weighted by atomic mass is 9.93. The van der Waals surface area contributed by atoms with E-state index in [0.29, 0.717) is 12.0 Å². The summed E-state index contributed by atoms with van der Waals surface area (Å²) in [6, 6.07) is 0. The summed E-state index contributed by atoms with van der Waals surface area (Å²) in [5.41, 5.74) is 0.645. The van der Waals surface area contributed by atoms with Crippen molar-refractivity contribution in [3.63, 3.8) is 0 Å². The van der Waals surface area contributed by atoms with Gasteiger partial charge >= 0.3 is 18.1 Å². The topological polar surface area (TPSA) is 61.8 Å². The molecule has 1 heterocycles. The van der Waals surface area contributed by atoms with Gasteiger partial charge in [0.2, 0.25) is 0 Å². The molecule has 5 nitrogen and oxygen atoms in total. The van der Waals surface area contributed by atoms with Crippen molar-refractivity contribution in [3.05, 3.63) is 11.5 Å². The SMILES string of the molecule is CCCCCCCCCCCCC(C(=O)OC(C)C)C(C)=C1OC(=O)O1. The third-order valence-corrected chi connectivity index (χ3v) is 4.68. The quantitative estimate of drug-likeness (QED) is 0.267. The highest BCUT2D eigenvalue weighted by molar-refractivity contribution is 5.77. The van der Waals surface area contributed by atoms with Gasteiger partial charge in [-0.25, -0.2) is 4.79 Å². The van der Waals surface area contributed by atoms with Gasteiger partial charge in [-0.2, -0.15) is 0 Å². The molecule has 0 aromatic rings. The Balaban J connectivity index is 2.30. The minimum atomic E-state index is -0.714. The zero-order chi connectivity index (χ0) is 19.4. The summed E-state index contributed by atoms with van der Waals surface area (Å²) in [6.07, 6.45) is 12.3. The number of esters is 1. The van der Waals surface area contributed by atoms with Crippen molar-refractivity contribution in [2.45, 2.75) is 104 Å². The maximum atomic E-state index is 12.4. The van der Waals surface area contributed by atoms with Crippen LogP contribution in [-0.2, 0) is 19.0 Å². The molecule has 0 amide bonds. The minimum absolute atomic E-state index is 0.160. The summed E-state index contributed by atoms with van der Waals surface area (Å²) >= 11 is 0. The van der Waals surface area contributed by atoms with Crippen molar-refractivity contribution in [1.29, 1.82) is 0 Å². The summed E-state index contributed by atoms with van der Waals surface area (Å²) in [4.78, 5) is 23.2. The van der Waals surface area contributed by atoms with Gasteiger partial charge in [0, 0.05) is 5.57 Å². The molecule has 0 spiro atoms. The van der Waals surface area contributed by atoms with E-state index in [1.807, 2.05) is 13.8 Å². The standard InChI is InChI=1S/C21H36O5/c1-5-6-7-8-9-10-11-12-13-14-15-18(19(22)24-16(2)3)17(4)20-25-21(23)26-20/h16,18H,5-15H2,1-4H3. The Labute approximate surface area is 158 Å². The predicted molar refractivity (Wildman–Crippen MR) is 101 cm³/mol. The zero-order valence-electron chi connectivity index (χ0n) is 17.0. The van der Waals surface area contributed by atoms with E-state index < -0.39 is 12.1 Å². The molecule has 1 atom stereocenters. The van der Waals surface area contributed by atoms with E-state index in [9.17, 15) is 9.59 Å². The van der Waals surface area contributed by atoms with Gasteiger partial charge < -0.3 is 14.2 Å². The van der Waals surface area contributed by atoms with Crippen LogP contribution >= 0.6 is 0 Å². The summed E-state index contributed by atoms with van der Waals surface area (Å²) in [5, 5.41) is 0. The van der Waals surface area contributed by atoms with E-state index in [-0.39, 0.29) is 18.0 Å². The molecule has 0 aromatic heterocycles. The molecule has 0 bridgehead atoms. The first-order valence-electron chi connectivity index (χ1n) is 10.3. The van der Waals surface area contributed by atoms with Crippen LogP contribution in [0.4, 0.5) is 4.79 Å². The maximum Gasteiger partial charge on any atom is 0.524 e. The van der Waals surface area contributed by atoms with E-state index >= 15 is 0 Å². The molecule has 26 heavy (non-hydrogen) atoms. The van der Waals surface area contributed by atoms with Crippen LogP contribution in [0.2, 0.25) is 0 Å². The van der Waals surface area contributed by atoms with Crippen LogP contribution in [0.5, 0.6) is 0 Å². The molecule has 150 valence electrons. The number of carbonyl (C=O) groups excluding carboxylic acids is 2. The summed E-state index contributed by atoms with van der Waals surface area (Å²) < 4.78 is 15.0. The van der Waals surface area contributed by atoms with E-state index in [1.54, 1.807) is 6.92 Å². The first-order chi connectivity index (χ1) is 12.5. The second-order valence-electron chi connectivity index (χ2n) is 7.43. The van der Waals surface area contributed by atoms with Gasteiger partial charge in [-0.3, -0.25) is 4.79 Å². The molecular formula is C21H36O5. The van der Waals surface area contributed by atoms with Gasteiger partial charge in [0.25, 0.3) is 0 Å². The van der Waals surface area contributed by atoms with Crippen molar-refractivity contribution >= 4 is 12.1 Å². The molecule has 1 aliphatic rings. The third-order valence-electron chi connectivity index (χ3n) is 4.68. The molecule has 1 unspecified atom stereocenters. The highest BCUT2D eigenvalue weighted by Gasteiger charge is 2.33. The first kappa shape index (κ1) is 22.5. The Morgan fingerprint density at radius 1 is 0.923 bits per heavy atom. The van der Waals surface area contributed by atoms with Gasteiger partial charge in [-0.1, -0.05) is 71.1 Å². The van der Waals surface area contributed by atoms with E-state index in [4.69, 9.17) is 14.2 Å². The Bertz CT molecular complexity index is 457. The Morgan fingerprint density at radius 2 is 1.42 bits per heavy atom. The molecule has 1 saturated heterocycles. The molecule has 0 saturated carbocycles. The van der Waals surface area contributed by atoms with Crippen molar-refractivity contribution in [3.8, 4) is 0 Å². The van der Waals surface area contributed by atoms with Crippen LogP contribution in [0.25, 0.3) is 0 Å². The van der Waals surface area contributed by atoms with E-state index in [2.05, 4.69) is 6.92 Å². The van der Waals surface area contributed by atoms with Crippen LogP contribution in [0.3, 0.4) is 0 Å². The number of hydrogen-bond donors (Lipinski definition) is 0. The fraction of sp³-hybridized carbons (Fsp3) is 0.810. The number of carbonyl (C=O) groups is 2. The average Bonchev–Trinajstić information content (AvgIpc) is 2.55. The second kappa shape index (κ2) is 12.8. The Morgan fingerprint density at radius 3 is 1.88 bits per heavy atom. The minimum Gasteiger partial charge on any atom is -0.463 e. The van der Waals surface area contributed by atoms with Gasteiger partial charge in [0.05, 0.1) is 12.0 Å². The van der Waals surface area contributed by atoms with Gasteiger partial charge in [-0.15, -0.1) is 0 Å². The van der Waals surface area contributed by atoms with Crippen molar-refractivity contribution in [2.24, 2.45) is 5.92 Å². The summed E-state index contributed by atoms with van der Waals surface area (Å²) in [7, 11) is 0. The molecule has 0 N–H and O–H groups in total. The summed E-state index contributed by atoms with van der Waals surface area (Å²) in [5.74, 6) is -0.519. The fourth-order valence-electron chi connectivity index (χ4n) is 3.12. The molecule has 0 aromatic carbocycles. The van der Waals surface area contributed by atoms with Gasteiger partial charge in [-0.05, 0) is 27.2 Å². The number of ether oxygens (including phenoxy) is 3. The lowest BCUT2D eigenvalue weighted by Crippen LogP contribution is -2.28. The lowest BCUT2D eigenvalue weighted by Gasteiger charge is -2.23. The van der Waals surface area contributed by atoms with Gasteiger partial charge in [0.1, 0.15) is 0 Å². The molecule has 5 heteroatoms. The van der Waals surface area contributed by atoms with E-state index in [0.717, 1.165) is 12.8 Å². The highest BCUT2D eigenvalue weighted by atomic mass is 16.9. The normalized spacial score (nSPS) is 14.5. The van der Waals surface area contributed by atoms with Crippen molar-refractivity contribution < 1.29 is 23.8 Å². The zero-order valence-corrected chi connectivity index (χ0v) is 17.0. The van der Waals surface area contributed by atoms with Crippen molar-refractivity contribution in [2.75, 3.05) is 0 Å². The fourth-order valence-corrected chi connectivity index (χ4v) is 3.12. The molecular weight excluding hydrogens is 332 g/mol. The van der Waals surface area contributed by atoms with Gasteiger partial charge in [0.15, 0.2) is 0 Å². The number of hydrogen-bond acceptors (Lipinski definition) is 5. The van der Waals surface area contributed by atoms with Crippen LogP contribution in [0, 0.1) is 5.92 Å². The number of rotatable bonds is 14. The van der Waals surface area contributed by atoms with Crippen LogP contribution in [0.15, 0.2) is 11.5 Å². The lowest BCUT2D eigenvalue weighted by molar-refractivity contribution is -0.151. The van der Waals surface area contributed by atoms with Crippen LogP contribution in [0.1, 0.15) is 98.3 Å². The molecule has 1 fully saturated rings. The third kappa shape index (κ3) is 8.72. The Kier molecular flexibility index (Phi) is 11.1. The highest BCUT2D eigenvalue weighted by Crippen LogP contribution is 2.29. The number of unbranched alkanes of at least 4 members (excludes halogenated alkanes) is 9. The first-order valence-corrected chi connectivity index (χ1v) is 10.3. The Hall–Kier alpha value is -1.52. The van der Waals surface area contributed by atoms with Crippen molar-refractivity contribution in [1.82, 2.24) is 0 Å². The second-order valence-corrected chi connectivity index (χ2v) is 7.43. The summed E-state index contributed by atoms with van der Waals surface area (Å²) in [6.45, 7) is 7.67. The molecule has 0 aliphatic carbocycles. The monoisotopic (exact) mass is 368 g/mol. The van der Waals surface area contributed by atoms with E-state index in [1.165, 1.54) is 51.4 Å². The smallest absolute Gasteiger partial charge is 0.463 e. The van der Waals surface area contributed by atoms with Crippen LogP contribution in [-0.4, -0.2) is 18.2 Å².